The average Bonchev–Trinajstić information content (AvgIpc) is 3.68. The van der Waals surface area contributed by atoms with E-state index in [0.29, 0.717) is 35.6 Å². The molecule has 4 amide bonds. The molecule has 0 aliphatic rings. The normalized spacial score (nSPS) is 10.8. The van der Waals surface area contributed by atoms with Crippen LogP contribution < -0.4 is 38.2 Å². The number of nitrogens with one attached hydrogen (secondary N) is 6. The molecule has 17 nitrogen and oxygen atoms in total. The summed E-state index contributed by atoms with van der Waals surface area (Å²) in [5, 5.41) is 18.1. The van der Waals surface area contributed by atoms with Gasteiger partial charge < -0.3 is 40.7 Å². The van der Waals surface area contributed by atoms with Gasteiger partial charge in [0.2, 0.25) is 11.7 Å². The number of nitrogens with two attached hydrogens (primary N) is 1. The minimum Gasteiger partial charge on any atom is -0.388 e. The number of aromatic amines is 1. The Balaban J connectivity index is 1.29. The molecule has 0 aliphatic carbocycles. The Morgan fingerprint density at radius 3 is 1.79 bits per heavy atom. The molecule has 0 saturated heterocycles. The number of carbonyl (C=O) groups is 4. The number of amidine groups is 1. The lowest BCUT2D eigenvalue weighted by molar-refractivity contribution is -0.116. The van der Waals surface area contributed by atoms with Crippen molar-refractivity contribution in [1.29, 1.82) is 5.41 Å². The number of H-pyrrole nitrogens is 1. The summed E-state index contributed by atoms with van der Waals surface area (Å²) in [5.41, 5.74) is 5.37. The number of carbonyl (C=O) groups excluding carboxylic acids is 4. The summed E-state index contributed by atoms with van der Waals surface area (Å²) >= 11 is 0. The number of anilines is 3. The predicted octanol–water partition coefficient (Wildman–Crippen LogP) is 1.06. The zero-order valence-corrected chi connectivity index (χ0v) is 26.5. The predicted molar refractivity (Wildman–Crippen MR) is 175 cm³/mol. The monoisotopic (exact) mass is 665 g/mol. The number of hydrogen-bond donors (Lipinski definition) is 7. The Bertz CT molecular complexity index is 2000. The summed E-state index contributed by atoms with van der Waals surface area (Å²) in [6.07, 6.45) is 6.61. The van der Waals surface area contributed by atoms with Crippen molar-refractivity contribution in [2.75, 3.05) is 22.5 Å². The molecule has 0 spiro atoms. The molecule has 48 heavy (non-hydrogen) atoms. The highest BCUT2D eigenvalue weighted by Gasteiger charge is 2.19. The van der Waals surface area contributed by atoms with Crippen molar-refractivity contribution in [3.05, 3.63) is 86.7 Å². The van der Waals surface area contributed by atoms with Crippen LogP contribution in [0.15, 0.2) is 52.6 Å². The summed E-state index contributed by atoms with van der Waals surface area (Å²) in [6, 6.07) is 4.50. The van der Waals surface area contributed by atoms with E-state index in [1.807, 2.05) is 4.98 Å². The second-order valence-corrected chi connectivity index (χ2v) is 11.0. The van der Waals surface area contributed by atoms with Gasteiger partial charge in [-0.15, -0.1) is 0 Å². The lowest BCUT2D eigenvalue weighted by atomic mass is 10.2. The van der Waals surface area contributed by atoms with Crippen molar-refractivity contribution >= 4 is 46.5 Å². The van der Waals surface area contributed by atoms with E-state index in [0.717, 1.165) is 10.8 Å². The zero-order valence-electron chi connectivity index (χ0n) is 26.5. The standard InChI is InChI=1S/C30H36FN11O6/c1-39-14-18(11-21(39)27(45)34-8-7-24(32)33)36-29(47)23-12-19(15-41(23)3)37-28(46)22-10-17(13-40(22)2)35-25(43)6-4-5-9-42-16-20(31)26(44)38-30(42)48/h10-16H,4-9H2,1-3H3,(H3,32,33)(H,34,45)(H,35,43)(H,36,47)(H,37,46)(H,38,44,48). The van der Waals surface area contributed by atoms with Gasteiger partial charge in [-0.3, -0.25) is 38.9 Å². The zero-order chi connectivity index (χ0) is 35.1. The van der Waals surface area contributed by atoms with Gasteiger partial charge in [0.25, 0.3) is 23.3 Å². The smallest absolute Gasteiger partial charge is 0.328 e. The highest BCUT2D eigenvalue weighted by Crippen LogP contribution is 2.20. The van der Waals surface area contributed by atoms with Gasteiger partial charge in [-0.1, -0.05) is 0 Å². The fourth-order valence-electron chi connectivity index (χ4n) is 4.81. The molecular formula is C30H36FN11O6. The fraction of sp³-hybridized carbons (Fsp3) is 0.300. The summed E-state index contributed by atoms with van der Waals surface area (Å²) in [7, 11) is 4.92. The Labute approximate surface area is 272 Å². The van der Waals surface area contributed by atoms with Gasteiger partial charge in [-0.25, -0.2) is 4.79 Å². The summed E-state index contributed by atoms with van der Waals surface area (Å²) < 4.78 is 19.1. The number of aromatic nitrogens is 5. The minimum atomic E-state index is -1.09. The second kappa shape index (κ2) is 14.9. The molecule has 0 bridgehead atoms. The van der Waals surface area contributed by atoms with Crippen molar-refractivity contribution in [2.45, 2.75) is 32.2 Å². The third-order valence-electron chi connectivity index (χ3n) is 7.21. The van der Waals surface area contributed by atoms with E-state index >= 15 is 0 Å². The van der Waals surface area contributed by atoms with Crippen LogP contribution in [-0.4, -0.2) is 59.3 Å². The van der Waals surface area contributed by atoms with Gasteiger partial charge in [-0.2, -0.15) is 4.39 Å². The van der Waals surface area contributed by atoms with Crippen LogP contribution >= 0.6 is 0 Å². The molecule has 18 heteroatoms. The number of aryl methyl sites for hydroxylation is 4. The number of rotatable bonds is 14. The van der Waals surface area contributed by atoms with Gasteiger partial charge in [0, 0.05) is 65.7 Å². The van der Waals surface area contributed by atoms with Crippen LogP contribution in [-0.2, 0) is 32.5 Å². The number of unbranched alkanes of at least 4 members (excludes halogenated alkanes) is 1. The van der Waals surface area contributed by atoms with Crippen LogP contribution in [0.2, 0.25) is 0 Å². The van der Waals surface area contributed by atoms with Crippen LogP contribution in [0.25, 0.3) is 0 Å². The van der Waals surface area contributed by atoms with E-state index < -0.39 is 28.9 Å². The van der Waals surface area contributed by atoms with Gasteiger partial charge >= 0.3 is 5.69 Å². The maximum Gasteiger partial charge on any atom is 0.328 e. The largest absolute Gasteiger partial charge is 0.388 e. The molecule has 4 aromatic heterocycles. The van der Waals surface area contributed by atoms with Gasteiger partial charge in [0.15, 0.2) is 0 Å². The van der Waals surface area contributed by atoms with E-state index in [9.17, 15) is 33.2 Å². The summed E-state index contributed by atoms with van der Waals surface area (Å²) in [5.74, 6) is -2.79. The van der Waals surface area contributed by atoms with Crippen LogP contribution in [0.1, 0.15) is 57.1 Å². The SMILES string of the molecule is Cn1cc(NC(=O)c2cc(NC(=O)c3cc(NC(=O)CCCCn4cc(F)c(=O)[nH]c4=O)cn3C)cn2C)cc1C(=O)NCCC(=N)N. The van der Waals surface area contributed by atoms with E-state index in [1.54, 1.807) is 44.3 Å². The molecule has 254 valence electrons. The lowest BCUT2D eigenvalue weighted by Gasteiger charge is -2.05. The first-order chi connectivity index (χ1) is 22.7. The maximum absolute atomic E-state index is 13.4. The first-order valence-electron chi connectivity index (χ1n) is 14.7. The highest BCUT2D eigenvalue weighted by molar-refractivity contribution is 6.07. The third kappa shape index (κ3) is 8.74. The quantitative estimate of drug-likeness (QED) is 0.0587. The molecule has 4 rings (SSSR count). The molecule has 8 N–H and O–H groups in total. The second-order valence-electron chi connectivity index (χ2n) is 11.0. The number of hydrogen-bond acceptors (Lipinski definition) is 7. The van der Waals surface area contributed by atoms with E-state index in [4.69, 9.17) is 11.1 Å². The molecule has 0 aromatic carbocycles. The fourth-order valence-corrected chi connectivity index (χ4v) is 4.81. The van der Waals surface area contributed by atoms with E-state index in [-0.39, 0.29) is 55.0 Å². The molecule has 4 aromatic rings. The Hall–Kier alpha value is -6.20. The molecule has 0 saturated carbocycles. The summed E-state index contributed by atoms with van der Waals surface area (Å²) in [4.78, 5) is 75.7. The van der Waals surface area contributed by atoms with E-state index in [2.05, 4.69) is 21.3 Å². The van der Waals surface area contributed by atoms with Crippen LogP contribution in [0.5, 0.6) is 0 Å². The average molecular weight is 666 g/mol. The van der Waals surface area contributed by atoms with Crippen molar-refractivity contribution in [1.82, 2.24) is 28.6 Å². The first-order valence-corrected chi connectivity index (χ1v) is 14.7. The highest BCUT2D eigenvalue weighted by atomic mass is 19.1. The van der Waals surface area contributed by atoms with Crippen molar-refractivity contribution < 1.29 is 23.6 Å². The van der Waals surface area contributed by atoms with Gasteiger partial charge in [0.1, 0.15) is 17.1 Å². The Morgan fingerprint density at radius 1 is 0.771 bits per heavy atom. The van der Waals surface area contributed by atoms with Crippen LogP contribution in [0.3, 0.4) is 0 Å². The molecule has 0 unspecified atom stereocenters. The van der Waals surface area contributed by atoms with Crippen LogP contribution in [0, 0.1) is 11.2 Å². The van der Waals surface area contributed by atoms with Crippen molar-refractivity contribution in [3.63, 3.8) is 0 Å². The van der Waals surface area contributed by atoms with Crippen molar-refractivity contribution in [2.24, 2.45) is 26.9 Å². The molecule has 4 heterocycles. The molecule has 0 atom stereocenters. The molecule has 0 fully saturated rings. The minimum absolute atomic E-state index is 0.0434. The Kier molecular flexibility index (Phi) is 10.8. The number of nitrogens with zero attached hydrogens (tertiary/aromatic N) is 4. The third-order valence-corrected chi connectivity index (χ3v) is 7.21. The number of halogens is 1. The van der Waals surface area contributed by atoms with Gasteiger partial charge in [-0.05, 0) is 31.0 Å². The molecule has 0 aliphatic heterocycles. The van der Waals surface area contributed by atoms with E-state index in [1.165, 1.54) is 27.3 Å². The summed E-state index contributed by atoms with van der Waals surface area (Å²) in [6.45, 7) is 0.323. The van der Waals surface area contributed by atoms with Crippen LogP contribution in [0.4, 0.5) is 21.5 Å². The van der Waals surface area contributed by atoms with Gasteiger partial charge in [0.05, 0.1) is 29.1 Å². The molecular weight excluding hydrogens is 629 g/mol. The maximum atomic E-state index is 13.4. The number of amides is 4. The molecule has 0 radical (unpaired) electrons. The lowest BCUT2D eigenvalue weighted by Crippen LogP contribution is -2.31. The first kappa shape index (κ1) is 34.7. The van der Waals surface area contributed by atoms with Crippen molar-refractivity contribution in [3.8, 4) is 0 Å². The topological polar surface area (TPSA) is 236 Å². The Morgan fingerprint density at radius 2 is 1.27 bits per heavy atom.